The third-order valence-corrected chi connectivity index (χ3v) is 2.99. The van der Waals surface area contributed by atoms with Crippen molar-refractivity contribution < 1.29 is 9.72 Å². The summed E-state index contributed by atoms with van der Waals surface area (Å²) in [6.45, 7) is 0.383. The number of para-hydroxylation sites is 1. The highest BCUT2D eigenvalue weighted by Gasteiger charge is 2.15. The number of amides is 1. The number of nitro groups is 1. The van der Waals surface area contributed by atoms with Gasteiger partial charge < -0.3 is 11.1 Å². The van der Waals surface area contributed by atoms with Crippen molar-refractivity contribution >= 4 is 17.3 Å². The van der Waals surface area contributed by atoms with Crippen LogP contribution >= 0.6 is 0 Å². The predicted molar refractivity (Wildman–Crippen MR) is 79.8 cm³/mol. The van der Waals surface area contributed by atoms with Gasteiger partial charge in [-0.2, -0.15) is 0 Å². The van der Waals surface area contributed by atoms with E-state index in [9.17, 15) is 14.9 Å². The van der Waals surface area contributed by atoms with Gasteiger partial charge in [0.25, 0.3) is 5.69 Å². The van der Waals surface area contributed by atoms with Crippen LogP contribution < -0.4 is 11.1 Å². The molecule has 21 heavy (non-hydrogen) atoms. The smallest absolute Gasteiger partial charge is 0.273 e. The van der Waals surface area contributed by atoms with Gasteiger partial charge in [0.15, 0.2) is 0 Å². The number of nitro benzene ring substituents is 1. The minimum absolute atomic E-state index is 0.0516. The summed E-state index contributed by atoms with van der Waals surface area (Å²) in [4.78, 5) is 22.4. The molecule has 0 radical (unpaired) electrons. The van der Waals surface area contributed by atoms with Gasteiger partial charge in [-0.15, -0.1) is 0 Å². The Morgan fingerprint density at radius 1 is 1.19 bits per heavy atom. The van der Waals surface area contributed by atoms with Crippen molar-refractivity contribution in [2.45, 2.75) is 13.0 Å². The molecule has 0 aromatic heterocycles. The second-order valence-corrected chi connectivity index (χ2v) is 4.52. The molecular formula is C15H15N3O3. The van der Waals surface area contributed by atoms with Gasteiger partial charge in [-0.25, -0.2) is 0 Å². The van der Waals surface area contributed by atoms with Crippen LogP contribution in [0.1, 0.15) is 11.1 Å². The molecular weight excluding hydrogens is 270 g/mol. The lowest BCUT2D eigenvalue weighted by molar-refractivity contribution is -0.385. The van der Waals surface area contributed by atoms with E-state index in [4.69, 9.17) is 5.73 Å². The minimum atomic E-state index is -0.488. The number of hydrogen-bond acceptors (Lipinski definition) is 4. The molecule has 2 rings (SSSR count). The van der Waals surface area contributed by atoms with E-state index < -0.39 is 4.92 Å². The molecule has 6 nitrogen and oxygen atoms in total. The Labute approximate surface area is 121 Å². The van der Waals surface area contributed by atoms with E-state index in [1.165, 1.54) is 6.07 Å². The number of nitrogens with two attached hydrogens (primary N) is 1. The quantitative estimate of drug-likeness (QED) is 0.650. The van der Waals surface area contributed by atoms with Crippen molar-refractivity contribution in [3.63, 3.8) is 0 Å². The fraction of sp³-hybridized carbons (Fsp3) is 0.133. The van der Waals surface area contributed by atoms with Crippen LogP contribution in [0.4, 0.5) is 11.4 Å². The molecule has 0 spiro atoms. The van der Waals surface area contributed by atoms with Gasteiger partial charge in [-0.3, -0.25) is 14.9 Å². The molecule has 2 aromatic rings. The Bertz CT molecular complexity index is 671. The molecule has 108 valence electrons. The van der Waals surface area contributed by atoms with Crippen LogP contribution in [0, 0.1) is 10.1 Å². The summed E-state index contributed by atoms with van der Waals surface area (Å²) in [5, 5.41) is 13.6. The van der Waals surface area contributed by atoms with Crippen LogP contribution in [0.2, 0.25) is 0 Å². The molecule has 0 bridgehead atoms. The zero-order chi connectivity index (χ0) is 15.2. The third-order valence-electron chi connectivity index (χ3n) is 2.99. The molecule has 0 heterocycles. The number of nitrogens with zero attached hydrogens (tertiary/aromatic N) is 1. The fourth-order valence-electron chi connectivity index (χ4n) is 1.99. The Morgan fingerprint density at radius 2 is 1.95 bits per heavy atom. The zero-order valence-corrected chi connectivity index (χ0v) is 11.3. The SMILES string of the molecule is NCc1cccc(NC(=O)Cc2ccccc2[N+](=O)[O-])c1. The zero-order valence-electron chi connectivity index (χ0n) is 11.3. The Kier molecular flexibility index (Phi) is 4.63. The van der Waals surface area contributed by atoms with Gasteiger partial charge in [0.05, 0.1) is 11.3 Å². The second-order valence-electron chi connectivity index (χ2n) is 4.52. The molecule has 0 atom stereocenters. The van der Waals surface area contributed by atoms with Gasteiger partial charge in [-0.1, -0.05) is 30.3 Å². The number of carbonyl (C=O) groups excluding carboxylic acids is 1. The van der Waals surface area contributed by atoms with Gasteiger partial charge in [0.2, 0.25) is 5.91 Å². The summed E-state index contributed by atoms with van der Waals surface area (Å²) < 4.78 is 0. The van der Waals surface area contributed by atoms with E-state index in [1.807, 2.05) is 6.07 Å². The standard InChI is InChI=1S/C15H15N3O3/c16-10-11-4-3-6-13(8-11)17-15(19)9-12-5-1-2-7-14(12)18(20)21/h1-8H,9-10,16H2,(H,17,19). The van der Waals surface area contributed by atoms with Crippen LogP contribution in [0.3, 0.4) is 0 Å². The van der Waals surface area contributed by atoms with Crippen LogP contribution in [0.15, 0.2) is 48.5 Å². The number of carbonyl (C=O) groups is 1. The predicted octanol–water partition coefficient (Wildman–Crippen LogP) is 2.23. The number of nitrogens with one attached hydrogen (secondary N) is 1. The number of hydrogen-bond donors (Lipinski definition) is 2. The van der Waals surface area contributed by atoms with Crippen LogP contribution in [-0.2, 0) is 17.8 Å². The first-order chi connectivity index (χ1) is 10.1. The van der Waals surface area contributed by atoms with E-state index in [-0.39, 0.29) is 18.0 Å². The molecule has 0 saturated carbocycles. The highest BCUT2D eigenvalue weighted by molar-refractivity contribution is 5.92. The van der Waals surface area contributed by atoms with E-state index in [1.54, 1.807) is 36.4 Å². The highest BCUT2D eigenvalue weighted by Crippen LogP contribution is 2.19. The van der Waals surface area contributed by atoms with Crippen LogP contribution in [0.25, 0.3) is 0 Å². The molecule has 6 heteroatoms. The fourth-order valence-corrected chi connectivity index (χ4v) is 1.99. The Morgan fingerprint density at radius 3 is 2.67 bits per heavy atom. The van der Waals surface area contributed by atoms with E-state index >= 15 is 0 Å². The summed E-state index contributed by atoms with van der Waals surface area (Å²) in [6.07, 6.45) is -0.0516. The van der Waals surface area contributed by atoms with Crippen molar-refractivity contribution in [2.75, 3.05) is 5.32 Å². The number of rotatable bonds is 5. The van der Waals surface area contributed by atoms with Crippen LogP contribution in [-0.4, -0.2) is 10.8 Å². The maximum absolute atomic E-state index is 12.0. The lowest BCUT2D eigenvalue weighted by Crippen LogP contribution is -2.15. The van der Waals surface area contributed by atoms with Crippen molar-refractivity contribution in [3.05, 3.63) is 69.8 Å². The molecule has 0 saturated heterocycles. The van der Waals surface area contributed by atoms with E-state index in [0.29, 0.717) is 17.8 Å². The van der Waals surface area contributed by atoms with Crippen LogP contribution in [0.5, 0.6) is 0 Å². The first-order valence-electron chi connectivity index (χ1n) is 6.41. The third kappa shape index (κ3) is 3.87. The molecule has 0 aliphatic rings. The van der Waals surface area contributed by atoms with Crippen molar-refractivity contribution in [2.24, 2.45) is 5.73 Å². The molecule has 0 fully saturated rings. The largest absolute Gasteiger partial charge is 0.326 e. The minimum Gasteiger partial charge on any atom is -0.326 e. The topological polar surface area (TPSA) is 98.3 Å². The Balaban J connectivity index is 2.10. The molecule has 2 aromatic carbocycles. The summed E-state index contributed by atoms with van der Waals surface area (Å²) in [7, 11) is 0. The van der Waals surface area contributed by atoms with Crippen molar-refractivity contribution in [3.8, 4) is 0 Å². The summed E-state index contributed by atoms with van der Waals surface area (Å²) in [5.41, 5.74) is 7.40. The second kappa shape index (κ2) is 6.62. The number of anilines is 1. The van der Waals surface area contributed by atoms with Gasteiger partial charge >= 0.3 is 0 Å². The summed E-state index contributed by atoms with van der Waals surface area (Å²) >= 11 is 0. The average Bonchev–Trinajstić information content (AvgIpc) is 2.47. The first-order valence-corrected chi connectivity index (χ1v) is 6.41. The number of benzene rings is 2. The molecule has 0 aliphatic carbocycles. The normalized spacial score (nSPS) is 10.1. The maximum atomic E-state index is 12.0. The molecule has 0 unspecified atom stereocenters. The lowest BCUT2D eigenvalue weighted by Gasteiger charge is -2.07. The summed E-state index contributed by atoms with van der Waals surface area (Å²) in [5.74, 6) is -0.307. The van der Waals surface area contributed by atoms with Gasteiger partial charge in [0.1, 0.15) is 0 Å². The monoisotopic (exact) mass is 285 g/mol. The highest BCUT2D eigenvalue weighted by atomic mass is 16.6. The molecule has 3 N–H and O–H groups in total. The first kappa shape index (κ1) is 14.7. The summed E-state index contributed by atoms with van der Waals surface area (Å²) in [6, 6.07) is 13.4. The van der Waals surface area contributed by atoms with E-state index in [2.05, 4.69) is 5.32 Å². The van der Waals surface area contributed by atoms with Crippen molar-refractivity contribution in [1.82, 2.24) is 0 Å². The average molecular weight is 285 g/mol. The van der Waals surface area contributed by atoms with Gasteiger partial charge in [0, 0.05) is 23.9 Å². The Hall–Kier alpha value is -2.73. The molecule has 0 aliphatic heterocycles. The maximum Gasteiger partial charge on any atom is 0.273 e. The van der Waals surface area contributed by atoms with E-state index in [0.717, 1.165) is 5.56 Å². The molecule has 1 amide bonds. The lowest BCUT2D eigenvalue weighted by atomic mass is 10.1. The van der Waals surface area contributed by atoms with Crippen molar-refractivity contribution in [1.29, 1.82) is 0 Å². The van der Waals surface area contributed by atoms with Gasteiger partial charge in [-0.05, 0) is 17.7 Å².